The van der Waals surface area contributed by atoms with Gasteiger partial charge in [0.05, 0.1) is 38.1 Å². The number of hydrogen-bond donors (Lipinski definition) is 2. The summed E-state index contributed by atoms with van der Waals surface area (Å²) >= 11 is 8.18. The number of aliphatic hydroxyl groups is 1. The zero-order valence-corrected chi connectivity index (χ0v) is 28.5. The Morgan fingerprint density at radius 2 is 1.81 bits per heavy atom. The van der Waals surface area contributed by atoms with Crippen LogP contribution in [0, 0.1) is 11.3 Å². The summed E-state index contributed by atoms with van der Waals surface area (Å²) < 4.78 is 53.1. The highest BCUT2D eigenvalue weighted by Crippen LogP contribution is 2.45. The summed E-state index contributed by atoms with van der Waals surface area (Å²) in [6.45, 7) is 7.76. The maximum Gasteiger partial charge on any atom is 0.282 e. The molecule has 3 fully saturated rings. The maximum absolute atomic E-state index is 13.6. The van der Waals surface area contributed by atoms with E-state index in [0.717, 1.165) is 31.4 Å². The molecule has 43 heavy (non-hydrogen) atoms. The summed E-state index contributed by atoms with van der Waals surface area (Å²) in [5, 5.41) is 11.2. The number of thiazole rings is 1. The lowest BCUT2D eigenvalue weighted by molar-refractivity contribution is 0.000299. The fourth-order valence-electron chi connectivity index (χ4n) is 6.62. The second-order valence-corrected chi connectivity index (χ2v) is 19.0. The number of hydrogen-bond acceptors (Lipinski definition) is 8. The third-order valence-electron chi connectivity index (χ3n) is 8.85. The van der Waals surface area contributed by atoms with Gasteiger partial charge in [-0.15, -0.1) is 11.3 Å². The number of sulfone groups is 1. The Labute approximate surface area is 264 Å². The number of carbonyl (C=O) groups is 1. The summed E-state index contributed by atoms with van der Waals surface area (Å²) in [4.78, 5) is 20.9. The van der Waals surface area contributed by atoms with Crippen molar-refractivity contribution in [2.45, 2.75) is 95.6 Å². The van der Waals surface area contributed by atoms with Gasteiger partial charge in [-0.1, -0.05) is 49.8 Å². The molecule has 1 saturated carbocycles. The number of benzene rings is 1. The lowest BCUT2D eigenvalue weighted by Gasteiger charge is -2.51. The summed E-state index contributed by atoms with van der Waals surface area (Å²) in [5.74, 6) is 0.590. The van der Waals surface area contributed by atoms with Gasteiger partial charge in [0.15, 0.2) is 5.01 Å². The molecule has 1 aliphatic carbocycles. The van der Waals surface area contributed by atoms with Crippen molar-refractivity contribution in [3.8, 4) is 10.4 Å². The van der Waals surface area contributed by atoms with E-state index in [0.29, 0.717) is 53.7 Å². The predicted molar refractivity (Wildman–Crippen MR) is 170 cm³/mol. The lowest BCUT2D eigenvalue weighted by Crippen LogP contribution is -2.60. The number of sulfonamides is 1. The topological polar surface area (TPSA) is 134 Å². The number of rotatable bonds is 7. The lowest BCUT2D eigenvalue weighted by atomic mass is 9.75. The third-order valence-corrected chi connectivity index (χ3v) is 13.8. The highest BCUT2D eigenvalue weighted by atomic mass is 35.5. The molecule has 0 bridgehead atoms. The van der Waals surface area contributed by atoms with Gasteiger partial charge in [0, 0.05) is 35.2 Å². The normalized spacial score (nSPS) is 21.5. The van der Waals surface area contributed by atoms with Gasteiger partial charge < -0.3 is 10.0 Å². The van der Waals surface area contributed by atoms with Crippen LogP contribution in [0.15, 0.2) is 17.0 Å². The van der Waals surface area contributed by atoms with E-state index in [2.05, 4.69) is 4.72 Å². The first-order valence-corrected chi connectivity index (χ1v) is 19.5. The van der Waals surface area contributed by atoms with E-state index >= 15 is 0 Å². The monoisotopic (exact) mass is 671 g/mol. The second-order valence-electron chi connectivity index (χ2n) is 13.7. The quantitative estimate of drug-likeness (QED) is 0.404. The van der Waals surface area contributed by atoms with E-state index < -0.39 is 31.5 Å². The molecule has 5 rings (SSSR count). The smallest absolute Gasteiger partial charge is 0.282 e. The van der Waals surface area contributed by atoms with Gasteiger partial charge >= 0.3 is 0 Å². The van der Waals surface area contributed by atoms with Crippen molar-refractivity contribution in [3.63, 3.8) is 0 Å². The fraction of sp³-hybridized carbons (Fsp3) is 0.667. The Morgan fingerprint density at radius 3 is 2.40 bits per heavy atom. The molecule has 3 heterocycles. The van der Waals surface area contributed by atoms with E-state index in [1.807, 2.05) is 0 Å². The molecule has 1 spiro atoms. The minimum Gasteiger partial charge on any atom is -0.389 e. The Kier molecular flexibility index (Phi) is 9.14. The zero-order chi connectivity index (χ0) is 31.4. The highest BCUT2D eigenvalue weighted by Gasteiger charge is 2.48. The third kappa shape index (κ3) is 7.14. The summed E-state index contributed by atoms with van der Waals surface area (Å²) in [6.07, 6.45) is 6.37. The van der Waals surface area contributed by atoms with Crippen molar-refractivity contribution in [1.29, 1.82) is 0 Å². The van der Waals surface area contributed by atoms with Crippen LogP contribution >= 0.6 is 22.9 Å². The molecule has 2 aromatic rings. The zero-order valence-electron chi connectivity index (χ0n) is 25.3. The van der Waals surface area contributed by atoms with Gasteiger partial charge in [0.2, 0.25) is 10.0 Å². The van der Waals surface area contributed by atoms with Crippen LogP contribution < -0.4 is 4.72 Å². The van der Waals surface area contributed by atoms with Crippen molar-refractivity contribution in [3.05, 3.63) is 33.4 Å². The van der Waals surface area contributed by atoms with Crippen molar-refractivity contribution in [2.75, 3.05) is 24.6 Å². The molecule has 1 aromatic carbocycles. The maximum atomic E-state index is 13.6. The average Bonchev–Trinajstić information content (AvgIpc) is 3.29. The predicted octanol–water partition coefficient (Wildman–Crippen LogP) is 5.37. The number of amides is 1. The Morgan fingerprint density at radius 1 is 1.19 bits per heavy atom. The van der Waals surface area contributed by atoms with Gasteiger partial charge in [-0.2, -0.15) is 0 Å². The second kappa shape index (κ2) is 12.0. The van der Waals surface area contributed by atoms with Gasteiger partial charge in [-0.25, -0.2) is 26.5 Å². The average molecular weight is 672 g/mol. The van der Waals surface area contributed by atoms with Crippen molar-refractivity contribution < 1.29 is 26.7 Å². The number of carbonyl (C=O) groups excluding carboxylic acids is 1. The van der Waals surface area contributed by atoms with Crippen molar-refractivity contribution in [1.82, 2.24) is 14.6 Å². The molecule has 2 aliphatic heterocycles. The summed E-state index contributed by atoms with van der Waals surface area (Å²) in [5.41, 5.74) is 0.552. The molecule has 9 nitrogen and oxygen atoms in total. The number of nitrogens with zero attached hydrogens (tertiary/aromatic N) is 2. The molecule has 1 aromatic heterocycles. The Bertz CT molecular complexity index is 1580. The van der Waals surface area contributed by atoms with Crippen LogP contribution in [-0.4, -0.2) is 67.9 Å². The molecular formula is C30H42ClN3O6S3. The van der Waals surface area contributed by atoms with Gasteiger partial charge in [-0.05, 0) is 58.9 Å². The molecular weight excluding hydrogens is 630 g/mol. The van der Waals surface area contributed by atoms with Gasteiger partial charge in [0.1, 0.15) is 9.84 Å². The van der Waals surface area contributed by atoms with Crippen LogP contribution in [0.3, 0.4) is 0 Å². The molecule has 2 saturated heterocycles. The van der Waals surface area contributed by atoms with Crippen LogP contribution in [0.5, 0.6) is 0 Å². The van der Waals surface area contributed by atoms with Crippen LogP contribution in [0.2, 0.25) is 5.02 Å². The van der Waals surface area contributed by atoms with E-state index in [1.165, 1.54) is 30.7 Å². The minimum atomic E-state index is -3.99. The van der Waals surface area contributed by atoms with Crippen molar-refractivity contribution >= 4 is 48.7 Å². The van der Waals surface area contributed by atoms with Crippen LogP contribution in [-0.2, 0) is 26.3 Å². The number of aromatic nitrogens is 1. The Balaban J connectivity index is 1.50. The summed E-state index contributed by atoms with van der Waals surface area (Å²) in [6, 6.07) is 3.12. The first-order chi connectivity index (χ1) is 20.0. The van der Waals surface area contributed by atoms with E-state index in [9.17, 15) is 26.7 Å². The number of aliphatic hydroxyl groups excluding tert-OH is 1. The first kappa shape index (κ1) is 32.8. The van der Waals surface area contributed by atoms with Gasteiger partial charge in [0.25, 0.3) is 5.91 Å². The fourth-order valence-corrected chi connectivity index (χ4v) is 11.7. The minimum absolute atomic E-state index is 0.0822. The SMILES string of the molecule is CC(O)c1c(S(=O)(=O)NC(C)(C)C)ccc(-c2sc(C(=O)N3CC4(CCS(=O)(=O)CC4)C3)nc2CC2CCCCC2)c1Cl. The molecule has 1 unspecified atom stereocenters. The number of likely N-dealkylation sites (tertiary alicyclic amines) is 1. The van der Waals surface area contributed by atoms with Crippen LogP contribution in [0.25, 0.3) is 10.4 Å². The highest BCUT2D eigenvalue weighted by molar-refractivity contribution is 7.91. The Hall–Kier alpha value is -1.57. The largest absolute Gasteiger partial charge is 0.389 e. The molecule has 3 aliphatic rings. The molecule has 2 N–H and O–H groups in total. The van der Waals surface area contributed by atoms with E-state index in [1.54, 1.807) is 31.7 Å². The molecule has 1 atom stereocenters. The summed E-state index contributed by atoms with van der Waals surface area (Å²) in [7, 11) is -6.98. The van der Waals surface area contributed by atoms with Crippen molar-refractivity contribution in [2.24, 2.45) is 11.3 Å². The molecule has 13 heteroatoms. The van der Waals surface area contributed by atoms with E-state index in [4.69, 9.17) is 16.6 Å². The molecule has 1 amide bonds. The molecule has 238 valence electrons. The van der Waals surface area contributed by atoms with Gasteiger partial charge in [-0.3, -0.25) is 4.79 Å². The van der Waals surface area contributed by atoms with Crippen LogP contribution in [0.4, 0.5) is 0 Å². The standard InChI is InChI=1S/C30H42ClN3O6S3/c1-19(35)24-23(43(39,40)33-29(2,3)4)11-10-21(25(24)31)26-22(16-20-8-6-5-7-9-20)32-27(41-26)28(36)34-17-30(18-34)12-14-42(37,38)15-13-30/h10-11,19-20,33,35H,5-9,12-18H2,1-4H3. The number of halogens is 1. The van der Waals surface area contributed by atoms with Crippen LogP contribution in [0.1, 0.15) is 99.8 Å². The number of nitrogens with one attached hydrogen (secondary N) is 1. The molecule has 0 radical (unpaired) electrons. The van der Waals surface area contributed by atoms with E-state index in [-0.39, 0.29) is 38.3 Å². The first-order valence-electron chi connectivity index (χ1n) is 15.0.